The first kappa shape index (κ1) is 13.7. The maximum Gasteiger partial charge on any atom is 0.416 e. The lowest BCUT2D eigenvalue weighted by Crippen LogP contribution is -2.32. The fourth-order valence-electron chi connectivity index (χ4n) is 1.62. The summed E-state index contributed by atoms with van der Waals surface area (Å²) in [7, 11) is 0. The number of non-ortho nitro benzene ring substituents is 1. The fraction of sp³-hybridized carbons (Fsp3) is 0.182. The van der Waals surface area contributed by atoms with Crippen molar-refractivity contribution in [2.75, 3.05) is 6.61 Å². The number of hydrogen-bond donors (Lipinski definition) is 0. The standard InChI is InChI=1S/C11H7N3O5S/c1-2-19-11(15)10-13(16)7-3-6(5-12)4-8(14(17)18)9(7)20-10/h3-4H,2H2,1H3. The molecule has 0 spiro atoms. The number of benzene rings is 1. The summed E-state index contributed by atoms with van der Waals surface area (Å²) in [5, 5.41) is 31.5. The van der Waals surface area contributed by atoms with Crippen LogP contribution < -0.4 is 4.73 Å². The molecular weight excluding hydrogens is 286 g/mol. The lowest BCUT2D eigenvalue weighted by Gasteiger charge is -1.98. The molecule has 1 aromatic heterocycles. The summed E-state index contributed by atoms with van der Waals surface area (Å²) in [5.74, 6) is -0.850. The molecule has 0 fully saturated rings. The van der Waals surface area contributed by atoms with Crippen LogP contribution in [0, 0.1) is 26.7 Å². The summed E-state index contributed by atoms with van der Waals surface area (Å²) in [6, 6.07) is 4.00. The van der Waals surface area contributed by atoms with E-state index in [1.54, 1.807) is 13.0 Å². The average Bonchev–Trinajstić information content (AvgIpc) is 2.75. The van der Waals surface area contributed by atoms with Crippen molar-refractivity contribution >= 4 is 33.2 Å². The van der Waals surface area contributed by atoms with Crippen LogP contribution in [0.5, 0.6) is 0 Å². The number of nitro benzene ring substituents is 1. The second-order valence-corrected chi connectivity index (χ2v) is 4.63. The molecule has 1 heterocycles. The molecule has 0 N–H and O–H groups in total. The molecule has 9 heteroatoms. The highest BCUT2D eigenvalue weighted by atomic mass is 32.1. The van der Waals surface area contributed by atoms with Gasteiger partial charge >= 0.3 is 11.0 Å². The molecule has 0 atom stereocenters. The summed E-state index contributed by atoms with van der Waals surface area (Å²) < 4.78 is 5.00. The molecule has 102 valence electrons. The number of fused-ring (bicyclic) bond motifs is 1. The highest BCUT2D eigenvalue weighted by Gasteiger charge is 2.30. The molecule has 2 rings (SSSR count). The molecule has 1 aromatic carbocycles. The van der Waals surface area contributed by atoms with Gasteiger partial charge in [0, 0.05) is 12.1 Å². The number of nitriles is 1. The zero-order chi connectivity index (χ0) is 14.9. The van der Waals surface area contributed by atoms with Crippen LogP contribution in [0.15, 0.2) is 12.1 Å². The van der Waals surface area contributed by atoms with Gasteiger partial charge in [0.25, 0.3) is 5.69 Å². The van der Waals surface area contributed by atoms with E-state index in [0.717, 1.165) is 6.07 Å². The maximum atomic E-state index is 12.0. The fourth-order valence-corrected chi connectivity index (χ4v) is 2.62. The topological polar surface area (TPSA) is 120 Å². The highest BCUT2D eigenvalue weighted by Crippen LogP contribution is 2.31. The predicted molar refractivity (Wildman–Crippen MR) is 68.1 cm³/mol. The Bertz CT molecular complexity index is 761. The normalized spacial score (nSPS) is 10.2. The van der Waals surface area contributed by atoms with Crippen molar-refractivity contribution in [1.82, 2.24) is 0 Å². The Hall–Kier alpha value is -2.73. The molecule has 0 unspecified atom stereocenters. The van der Waals surface area contributed by atoms with Crippen LogP contribution in [0.2, 0.25) is 0 Å². The molecule has 0 aliphatic rings. The van der Waals surface area contributed by atoms with Crippen LogP contribution in [-0.2, 0) is 4.74 Å². The number of esters is 1. The van der Waals surface area contributed by atoms with Crippen LogP contribution >= 0.6 is 11.3 Å². The number of thiazole rings is 1. The van der Waals surface area contributed by atoms with E-state index in [9.17, 15) is 20.1 Å². The van der Waals surface area contributed by atoms with E-state index < -0.39 is 10.9 Å². The Morgan fingerprint density at radius 3 is 2.85 bits per heavy atom. The predicted octanol–water partition coefficient (Wildman–Crippen LogP) is 1.49. The molecule has 0 bridgehead atoms. The van der Waals surface area contributed by atoms with Crippen molar-refractivity contribution in [2.24, 2.45) is 0 Å². The lowest BCUT2D eigenvalue weighted by atomic mass is 10.2. The minimum atomic E-state index is -0.850. The minimum Gasteiger partial charge on any atom is -0.617 e. The number of carbonyl (C=O) groups is 1. The molecule has 8 nitrogen and oxygen atoms in total. The van der Waals surface area contributed by atoms with Crippen LogP contribution in [0.1, 0.15) is 22.3 Å². The van der Waals surface area contributed by atoms with Crippen LogP contribution in [0.4, 0.5) is 5.69 Å². The van der Waals surface area contributed by atoms with Crippen molar-refractivity contribution in [3.8, 4) is 6.07 Å². The molecule has 2 aromatic rings. The van der Waals surface area contributed by atoms with Crippen LogP contribution in [0.3, 0.4) is 0 Å². The second-order valence-electron chi connectivity index (χ2n) is 3.63. The first-order chi connectivity index (χ1) is 9.49. The zero-order valence-corrected chi connectivity index (χ0v) is 11.0. The molecule has 0 saturated heterocycles. The van der Waals surface area contributed by atoms with Gasteiger partial charge in [-0.05, 0) is 18.3 Å². The van der Waals surface area contributed by atoms with E-state index in [2.05, 4.69) is 0 Å². The molecule has 0 radical (unpaired) electrons. The number of nitrogens with zero attached hydrogens (tertiary/aromatic N) is 3. The summed E-state index contributed by atoms with van der Waals surface area (Å²) in [6.45, 7) is 1.66. The van der Waals surface area contributed by atoms with Gasteiger partial charge in [-0.2, -0.15) is 5.26 Å². The summed E-state index contributed by atoms with van der Waals surface area (Å²) in [5.41, 5.74) is -0.505. The summed E-state index contributed by atoms with van der Waals surface area (Å²) in [6.07, 6.45) is 0. The van der Waals surface area contributed by atoms with Crippen molar-refractivity contribution in [2.45, 2.75) is 6.92 Å². The quantitative estimate of drug-likeness (QED) is 0.278. The lowest BCUT2D eigenvalue weighted by molar-refractivity contribution is -0.575. The SMILES string of the molecule is CCOC(=O)c1sc2c([N+](=O)[O-])cc(C#N)cc2[n+]1[O-]. The van der Waals surface area contributed by atoms with Gasteiger partial charge in [-0.1, -0.05) is 0 Å². The van der Waals surface area contributed by atoms with Crippen molar-refractivity contribution in [3.05, 3.63) is 38.0 Å². The van der Waals surface area contributed by atoms with Gasteiger partial charge in [-0.15, -0.1) is 4.73 Å². The highest BCUT2D eigenvalue weighted by molar-refractivity contribution is 7.20. The Morgan fingerprint density at radius 2 is 2.30 bits per heavy atom. The molecule has 0 saturated carbocycles. The van der Waals surface area contributed by atoms with Gasteiger partial charge < -0.3 is 9.94 Å². The van der Waals surface area contributed by atoms with Gasteiger partial charge in [-0.25, -0.2) is 4.79 Å². The van der Waals surface area contributed by atoms with Gasteiger partial charge in [-0.3, -0.25) is 10.1 Å². The number of rotatable bonds is 3. The van der Waals surface area contributed by atoms with E-state index in [4.69, 9.17) is 10.00 Å². The van der Waals surface area contributed by atoms with Gasteiger partial charge in [0.2, 0.25) is 5.52 Å². The number of carbonyl (C=O) groups excluding carboxylic acids is 1. The monoisotopic (exact) mass is 293 g/mol. The number of ether oxygens (including phenoxy) is 1. The van der Waals surface area contributed by atoms with E-state index in [1.807, 2.05) is 0 Å². The molecule has 0 aliphatic heterocycles. The van der Waals surface area contributed by atoms with Crippen LogP contribution in [0.25, 0.3) is 10.2 Å². The van der Waals surface area contributed by atoms with E-state index >= 15 is 0 Å². The summed E-state index contributed by atoms with van der Waals surface area (Å²) in [4.78, 5) is 21.9. The van der Waals surface area contributed by atoms with E-state index in [1.165, 1.54) is 6.07 Å². The molecule has 20 heavy (non-hydrogen) atoms. The van der Waals surface area contributed by atoms with Gasteiger partial charge in [0.15, 0.2) is 4.70 Å². The Balaban J connectivity index is 2.76. The smallest absolute Gasteiger partial charge is 0.416 e. The van der Waals surface area contributed by atoms with Crippen molar-refractivity contribution in [1.29, 1.82) is 5.26 Å². The molecule has 0 aliphatic carbocycles. The average molecular weight is 293 g/mol. The minimum absolute atomic E-state index is 0.0259. The molecule has 0 amide bonds. The van der Waals surface area contributed by atoms with Gasteiger partial charge in [0.05, 0.1) is 23.2 Å². The van der Waals surface area contributed by atoms with Crippen LogP contribution in [-0.4, -0.2) is 17.5 Å². The zero-order valence-electron chi connectivity index (χ0n) is 10.2. The Morgan fingerprint density at radius 1 is 1.60 bits per heavy atom. The third-order valence-electron chi connectivity index (χ3n) is 2.43. The van der Waals surface area contributed by atoms with E-state index in [-0.39, 0.29) is 37.8 Å². The van der Waals surface area contributed by atoms with Gasteiger partial charge in [0.1, 0.15) is 0 Å². The number of nitro groups is 1. The first-order valence-corrected chi connectivity index (χ1v) is 6.23. The van der Waals surface area contributed by atoms with Crippen molar-refractivity contribution < 1.29 is 19.2 Å². The van der Waals surface area contributed by atoms with E-state index in [0.29, 0.717) is 11.3 Å². The first-order valence-electron chi connectivity index (χ1n) is 5.41. The largest absolute Gasteiger partial charge is 0.617 e. The molecular formula is C11H7N3O5S. The summed E-state index contributed by atoms with van der Waals surface area (Å²) >= 11 is 0.671. The van der Waals surface area contributed by atoms with Crippen molar-refractivity contribution in [3.63, 3.8) is 0 Å². The third kappa shape index (κ3) is 2.12. The Kier molecular flexibility index (Phi) is 3.49. The third-order valence-corrected chi connectivity index (χ3v) is 3.58. The Labute approximate surface area is 116 Å². The maximum absolute atomic E-state index is 12.0. The number of hydrogen-bond acceptors (Lipinski definition) is 7. The number of aromatic nitrogens is 1. The second kappa shape index (κ2) is 5.10.